The fourth-order valence-electron chi connectivity index (χ4n) is 1.51. The number of ether oxygens (including phenoxy) is 1. The summed E-state index contributed by atoms with van der Waals surface area (Å²) in [6.45, 7) is 5.65. The van der Waals surface area contributed by atoms with Gasteiger partial charge in [-0.05, 0) is 24.3 Å². The molecule has 0 aliphatic rings. The van der Waals surface area contributed by atoms with Crippen LogP contribution in [-0.4, -0.2) is 33.6 Å². The van der Waals surface area contributed by atoms with Crippen LogP contribution >= 0.6 is 11.3 Å². The molecule has 20 heavy (non-hydrogen) atoms. The average molecular weight is 320 g/mol. The molecular weight excluding hydrogens is 300 g/mol. The van der Waals surface area contributed by atoms with Crippen LogP contribution in [0.15, 0.2) is 16.3 Å². The summed E-state index contributed by atoms with van der Waals surface area (Å²) in [6.07, 6.45) is 0. The summed E-state index contributed by atoms with van der Waals surface area (Å²) in [5, 5.41) is 1.54. The number of rotatable bonds is 6. The first-order valence-corrected chi connectivity index (χ1v) is 8.44. The molecule has 1 atom stereocenters. The highest BCUT2D eigenvalue weighted by Gasteiger charge is 2.34. The lowest BCUT2D eigenvalue weighted by atomic mass is 9.90. The minimum absolute atomic E-state index is 0.00230. The molecule has 0 spiro atoms. The monoisotopic (exact) mass is 320 g/mol. The molecule has 8 heteroatoms. The van der Waals surface area contributed by atoms with Crippen molar-refractivity contribution in [3.63, 3.8) is 0 Å². The van der Waals surface area contributed by atoms with Crippen molar-refractivity contribution < 1.29 is 17.9 Å². The molecule has 0 radical (unpaired) electrons. The minimum atomic E-state index is -3.84. The Bertz CT molecular complexity index is 580. The summed E-state index contributed by atoms with van der Waals surface area (Å²) >= 11 is 1.03. The van der Waals surface area contributed by atoms with Gasteiger partial charge in [0.05, 0.1) is 7.11 Å². The van der Waals surface area contributed by atoms with Gasteiger partial charge >= 0.3 is 5.97 Å². The van der Waals surface area contributed by atoms with Gasteiger partial charge in [0.2, 0.25) is 10.0 Å². The van der Waals surface area contributed by atoms with Crippen LogP contribution in [0.1, 0.15) is 30.4 Å². The highest BCUT2D eigenvalue weighted by molar-refractivity contribution is 7.89. The first-order valence-electron chi connectivity index (χ1n) is 6.08. The van der Waals surface area contributed by atoms with Crippen LogP contribution in [0.3, 0.4) is 0 Å². The lowest BCUT2D eigenvalue weighted by molar-refractivity contribution is 0.0602. The van der Waals surface area contributed by atoms with Crippen LogP contribution < -0.4 is 10.5 Å². The highest BCUT2D eigenvalue weighted by atomic mass is 32.2. The number of nitrogens with two attached hydrogens (primary N) is 1. The fourth-order valence-corrected chi connectivity index (χ4v) is 4.39. The summed E-state index contributed by atoms with van der Waals surface area (Å²) in [5.74, 6) is -0.665. The lowest BCUT2D eigenvalue weighted by Crippen LogP contribution is -2.54. The maximum atomic E-state index is 12.4. The van der Waals surface area contributed by atoms with Gasteiger partial charge in [-0.2, -0.15) is 0 Å². The third-order valence-electron chi connectivity index (χ3n) is 3.36. The second-order valence-electron chi connectivity index (χ2n) is 4.99. The van der Waals surface area contributed by atoms with E-state index >= 15 is 0 Å². The van der Waals surface area contributed by atoms with Crippen molar-refractivity contribution in [1.82, 2.24) is 4.72 Å². The summed E-state index contributed by atoms with van der Waals surface area (Å²) in [7, 11) is -2.63. The SMILES string of the molecule is COC(=O)c1sccc1S(=O)(=O)NC(C)(CN)C(C)C. The van der Waals surface area contributed by atoms with Crippen molar-refractivity contribution in [2.75, 3.05) is 13.7 Å². The molecule has 0 aliphatic heterocycles. The zero-order valence-electron chi connectivity index (χ0n) is 12.0. The number of carbonyl (C=O) groups excluding carboxylic acids is 1. The summed E-state index contributed by atoms with van der Waals surface area (Å²) in [6, 6.07) is 1.39. The number of methoxy groups -OCH3 is 1. The third kappa shape index (κ3) is 3.38. The minimum Gasteiger partial charge on any atom is -0.465 e. The van der Waals surface area contributed by atoms with E-state index in [-0.39, 0.29) is 22.2 Å². The first kappa shape index (κ1) is 17.1. The quantitative estimate of drug-likeness (QED) is 0.767. The number of hydrogen-bond donors (Lipinski definition) is 2. The van der Waals surface area contributed by atoms with Gasteiger partial charge in [0.15, 0.2) is 0 Å². The van der Waals surface area contributed by atoms with Gasteiger partial charge < -0.3 is 10.5 Å². The summed E-state index contributed by atoms with van der Waals surface area (Å²) in [4.78, 5) is 11.6. The van der Waals surface area contributed by atoms with Gasteiger partial charge in [0.1, 0.15) is 9.77 Å². The molecule has 1 unspecified atom stereocenters. The Morgan fingerprint density at radius 3 is 2.60 bits per heavy atom. The second kappa shape index (κ2) is 6.21. The van der Waals surface area contributed by atoms with Crippen molar-refractivity contribution in [3.8, 4) is 0 Å². The summed E-state index contributed by atoms with van der Waals surface area (Å²) in [5.41, 5.74) is 4.89. The normalized spacial score (nSPS) is 15.1. The van der Waals surface area contributed by atoms with E-state index in [2.05, 4.69) is 9.46 Å². The third-order valence-corrected chi connectivity index (χ3v) is 6.03. The molecule has 1 rings (SSSR count). The van der Waals surface area contributed by atoms with E-state index < -0.39 is 21.5 Å². The Morgan fingerprint density at radius 1 is 1.55 bits per heavy atom. The van der Waals surface area contributed by atoms with Crippen LogP contribution in [0.25, 0.3) is 0 Å². The Balaban J connectivity index is 3.19. The largest absolute Gasteiger partial charge is 0.465 e. The standard InChI is InChI=1S/C12H20N2O4S2/c1-8(2)12(3,7-13)14-20(16,17)9-5-6-19-10(9)11(15)18-4/h5-6,8,14H,7,13H2,1-4H3. The smallest absolute Gasteiger partial charge is 0.349 e. The molecule has 0 bridgehead atoms. The van der Waals surface area contributed by atoms with Crippen molar-refractivity contribution in [2.24, 2.45) is 11.7 Å². The van der Waals surface area contributed by atoms with Crippen LogP contribution in [0.4, 0.5) is 0 Å². The van der Waals surface area contributed by atoms with Gasteiger partial charge in [-0.25, -0.2) is 17.9 Å². The number of nitrogens with one attached hydrogen (secondary N) is 1. The van der Waals surface area contributed by atoms with E-state index in [4.69, 9.17) is 5.73 Å². The predicted molar refractivity (Wildman–Crippen MR) is 78.3 cm³/mol. The molecule has 0 saturated heterocycles. The van der Waals surface area contributed by atoms with E-state index in [1.807, 2.05) is 13.8 Å². The van der Waals surface area contributed by atoms with E-state index in [0.717, 1.165) is 11.3 Å². The van der Waals surface area contributed by atoms with Crippen LogP contribution in [0.5, 0.6) is 0 Å². The molecule has 0 fully saturated rings. The molecule has 6 nitrogen and oxygen atoms in total. The van der Waals surface area contributed by atoms with Gasteiger partial charge in [-0.15, -0.1) is 11.3 Å². The van der Waals surface area contributed by atoms with Crippen molar-refractivity contribution in [1.29, 1.82) is 0 Å². The van der Waals surface area contributed by atoms with Crippen molar-refractivity contribution in [2.45, 2.75) is 31.2 Å². The van der Waals surface area contributed by atoms with Crippen molar-refractivity contribution in [3.05, 3.63) is 16.3 Å². The molecule has 0 saturated carbocycles. The zero-order valence-corrected chi connectivity index (χ0v) is 13.6. The fraction of sp³-hybridized carbons (Fsp3) is 0.583. The number of carbonyl (C=O) groups is 1. The number of esters is 1. The molecule has 0 aromatic carbocycles. The Labute approximate surface area is 123 Å². The lowest BCUT2D eigenvalue weighted by Gasteiger charge is -2.33. The highest BCUT2D eigenvalue weighted by Crippen LogP contribution is 2.25. The zero-order chi connectivity index (χ0) is 15.6. The molecule has 0 aliphatic carbocycles. The molecule has 3 N–H and O–H groups in total. The topological polar surface area (TPSA) is 98.5 Å². The van der Waals surface area contributed by atoms with Crippen LogP contribution in [0, 0.1) is 5.92 Å². The van der Waals surface area contributed by atoms with Crippen molar-refractivity contribution >= 4 is 27.3 Å². The van der Waals surface area contributed by atoms with Crippen LogP contribution in [0.2, 0.25) is 0 Å². The Morgan fingerprint density at radius 2 is 2.15 bits per heavy atom. The molecule has 1 heterocycles. The Kier molecular flexibility index (Phi) is 5.31. The predicted octanol–water partition coefficient (Wildman–Crippen LogP) is 1.19. The number of hydrogen-bond acceptors (Lipinski definition) is 6. The molecule has 114 valence electrons. The number of sulfonamides is 1. The number of thiophene rings is 1. The maximum Gasteiger partial charge on any atom is 0.349 e. The van der Waals surface area contributed by atoms with E-state index in [0.29, 0.717) is 0 Å². The average Bonchev–Trinajstić information content (AvgIpc) is 2.87. The Hall–Kier alpha value is -0.960. The second-order valence-corrected chi connectivity index (χ2v) is 7.55. The van der Waals surface area contributed by atoms with Gasteiger partial charge in [-0.3, -0.25) is 0 Å². The van der Waals surface area contributed by atoms with E-state index in [1.54, 1.807) is 6.92 Å². The van der Waals surface area contributed by atoms with Gasteiger partial charge in [0.25, 0.3) is 0 Å². The van der Waals surface area contributed by atoms with Gasteiger partial charge in [0, 0.05) is 12.1 Å². The van der Waals surface area contributed by atoms with Gasteiger partial charge in [-0.1, -0.05) is 13.8 Å². The van der Waals surface area contributed by atoms with Crippen LogP contribution in [-0.2, 0) is 14.8 Å². The summed E-state index contributed by atoms with van der Waals surface area (Å²) < 4.78 is 32.1. The van der Waals surface area contributed by atoms with E-state index in [9.17, 15) is 13.2 Å². The molecular formula is C12H20N2O4S2. The maximum absolute atomic E-state index is 12.4. The molecule has 1 aromatic heterocycles. The first-order chi connectivity index (χ1) is 9.18. The van der Waals surface area contributed by atoms with E-state index in [1.165, 1.54) is 18.6 Å². The molecule has 0 amide bonds. The molecule has 1 aromatic rings.